The van der Waals surface area contributed by atoms with E-state index in [1.165, 1.54) is 17.7 Å². The second-order valence-electron chi connectivity index (χ2n) is 7.63. The number of anilines is 1. The normalized spacial score (nSPS) is 14.2. The summed E-state index contributed by atoms with van der Waals surface area (Å²) in [7, 11) is 0. The molecule has 0 radical (unpaired) electrons. The third kappa shape index (κ3) is 4.52. The van der Waals surface area contributed by atoms with Crippen LogP contribution in [0.1, 0.15) is 49.0 Å². The summed E-state index contributed by atoms with van der Waals surface area (Å²) in [6, 6.07) is 7.13. The van der Waals surface area contributed by atoms with E-state index < -0.39 is 0 Å². The SMILES string of the molecule is CCN(CC(=O)Nc1c(Cl)cccc1Cl)C(=O)c1cnc2c(cnn2C2CCCC2)c1. The minimum absolute atomic E-state index is 0.129. The van der Waals surface area contributed by atoms with E-state index in [0.29, 0.717) is 33.9 Å². The van der Waals surface area contributed by atoms with Crippen molar-refractivity contribution in [3.05, 3.63) is 52.3 Å². The van der Waals surface area contributed by atoms with Crippen LogP contribution in [0.5, 0.6) is 0 Å². The van der Waals surface area contributed by atoms with Crippen LogP contribution in [-0.2, 0) is 4.79 Å². The molecule has 9 heteroatoms. The highest BCUT2D eigenvalue weighted by Crippen LogP contribution is 2.31. The molecule has 1 fully saturated rings. The van der Waals surface area contributed by atoms with E-state index in [1.807, 2.05) is 11.6 Å². The first-order chi connectivity index (χ1) is 15.0. The van der Waals surface area contributed by atoms with Crippen molar-refractivity contribution in [2.75, 3.05) is 18.4 Å². The number of halogens is 2. The Balaban J connectivity index is 1.49. The number of rotatable bonds is 6. The molecule has 1 saturated carbocycles. The van der Waals surface area contributed by atoms with Crippen LogP contribution < -0.4 is 5.32 Å². The molecule has 0 aliphatic heterocycles. The standard InChI is InChI=1S/C22H23Cl2N5O2/c1-2-28(13-19(30)27-20-17(23)8-5-9-18(20)24)22(31)15-10-14-12-26-29(21(14)25-11-15)16-6-3-4-7-16/h5,8-12,16H,2-4,6-7,13H2,1H3,(H,27,30). The van der Waals surface area contributed by atoms with E-state index in [0.717, 1.165) is 23.9 Å². The van der Waals surface area contributed by atoms with Gasteiger partial charge in [-0.15, -0.1) is 0 Å². The predicted molar refractivity (Wildman–Crippen MR) is 122 cm³/mol. The molecular weight excluding hydrogens is 437 g/mol. The van der Waals surface area contributed by atoms with Crippen molar-refractivity contribution < 1.29 is 9.59 Å². The van der Waals surface area contributed by atoms with Crippen LogP contribution in [-0.4, -0.2) is 44.6 Å². The Morgan fingerprint density at radius 1 is 1.19 bits per heavy atom. The van der Waals surface area contributed by atoms with Gasteiger partial charge in [0.1, 0.15) is 6.54 Å². The number of amides is 2. The smallest absolute Gasteiger partial charge is 0.255 e. The van der Waals surface area contributed by atoms with Crippen LogP contribution in [0.4, 0.5) is 5.69 Å². The minimum atomic E-state index is -0.381. The van der Waals surface area contributed by atoms with Gasteiger partial charge in [-0.25, -0.2) is 9.67 Å². The second-order valence-corrected chi connectivity index (χ2v) is 8.44. The van der Waals surface area contributed by atoms with Gasteiger partial charge in [0.05, 0.1) is 33.5 Å². The molecule has 0 unspecified atom stereocenters. The molecule has 2 aromatic heterocycles. The van der Waals surface area contributed by atoms with Gasteiger partial charge in [0.25, 0.3) is 5.91 Å². The Kier molecular flexibility index (Phi) is 6.43. The lowest BCUT2D eigenvalue weighted by Crippen LogP contribution is -2.38. The van der Waals surface area contributed by atoms with Crippen LogP contribution in [0, 0.1) is 0 Å². The molecule has 31 heavy (non-hydrogen) atoms. The van der Waals surface area contributed by atoms with Gasteiger partial charge < -0.3 is 10.2 Å². The first-order valence-electron chi connectivity index (χ1n) is 10.3. The van der Waals surface area contributed by atoms with Gasteiger partial charge in [0.15, 0.2) is 5.65 Å². The highest BCUT2D eigenvalue weighted by Gasteiger charge is 2.22. The number of hydrogen-bond acceptors (Lipinski definition) is 4. The van der Waals surface area contributed by atoms with Crippen LogP contribution >= 0.6 is 23.2 Å². The molecule has 2 amide bonds. The summed E-state index contributed by atoms with van der Waals surface area (Å²) >= 11 is 12.2. The maximum atomic E-state index is 13.0. The molecule has 1 N–H and O–H groups in total. The first kappa shape index (κ1) is 21.6. The average Bonchev–Trinajstić information content (AvgIpc) is 3.43. The number of carbonyl (C=O) groups is 2. The van der Waals surface area contributed by atoms with E-state index >= 15 is 0 Å². The van der Waals surface area contributed by atoms with Gasteiger partial charge >= 0.3 is 0 Å². The van der Waals surface area contributed by atoms with Gasteiger partial charge in [0.2, 0.25) is 5.91 Å². The van der Waals surface area contributed by atoms with E-state index in [2.05, 4.69) is 15.4 Å². The molecule has 1 aliphatic rings. The predicted octanol–water partition coefficient (Wildman–Crippen LogP) is 4.95. The molecule has 1 aliphatic carbocycles. The largest absolute Gasteiger partial charge is 0.330 e. The number of para-hydroxylation sites is 1. The molecule has 1 aromatic carbocycles. The summed E-state index contributed by atoms with van der Waals surface area (Å²) in [4.78, 5) is 31.5. The van der Waals surface area contributed by atoms with Crippen LogP contribution in [0.3, 0.4) is 0 Å². The number of fused-ring (bicyclic) bond motifs is 1. The van der Waals surface area contributed by atoms with E-state index in [9.17, 15) is 9.59 Å². The third-order valence-electron chi connectivity index (χ3n) is 5.58. The van der Waals surface area contributed by atoms with Crippen LogP contribution in [0.15, 0.2) is 36.7 Å². The summed E-state index contributed by atoms with van der Waals surface area (Å²) in [5.41, 5.74) is 1.54. The van der Waals surface area contributed by atoms with Crippen molar-refractivity contribution >= 4 is 51.7 Å². The summed E-state index contributed by atoms with van der Waals surface area (Å²) in [5, 5.41) is 8.68. The number of aromatic nitrogens is 3. The van der Waals surface area contributed by atoms with Crippen LogP contribution in [0.2, 0.25) is 10.0 Å². The molecule has 162 valence electrons. The molecule has 0 saturated heterocycles. The van der Waals surface area contributed by atoms with Crippen molar-refractivity contribution in [2.45, 2.75) is 38.6 Å². The number of nitrogens with zero attached hydrogens (tertiary/aromatic N) is 4. The Bertz CT molecular complexity index is 1100. The van der Waals surface area contributed by atoms with Crippen LogP contribution in [0.25, 0.3) is 11.0 Å². The molecule has 4 rings (SSSR count). The molecule has 0 spiro atoms. The van der Waals surface area contributed by atoms with E-state index in [1.54, 1.807) is 36.7 Å². The zero-order chi connectivity index (χ0) is 22.0. The Morgan fingerprint density at radius 3 is 2.58 bits per heavy atom. The van der Waals surface area contributed by atoms with Gasteiger partial charge in [-0.05, 0) is 38.0 Å². The Labute approximate surface area is 190 Å². The fourth-order valence-corrected chi connectivity index (χ4v) is 4.44. The minimum Gasteiger partial charge on any atom is -0.330 e. The highest BCUT2D eigenvalue weighted by molar-refractivity contribution is 6.39. The molecule has 3 aromatic rings. The van der Waals surface area contributed by atoms with E-state index in [4.69, 9.17) is 23.2 Å². The lowest BCUT2D eigenvalue weighted by Gasteiger charge is -2.21. The highest BCUT2D eigenvalue weighted by atomic mass is 35.5. The third-order valence-corrected chi connectivity index (χ3v) is 6.21. The molecular formula is C22H23Cl2N5O2. The molecule has 7 nitrogen and oxygen atoms in total. The topological polar surface area (TPSA) is 80.1 Å². The number of hydrogen-bond donors (Lipinski definition) is 1. The number of carbonyl (C=O) groups excluding carboxylic acids is 2. The number of pyridine rings is 1. The van der Waals surface area contributed by atoms with Crippen molar-refractivity contribution in [2.24, 2.45) is 0 Å². The maximum Gasteiger partial charge on any atom is 0.255 e. The van der Waals surface area contributed by atoms with Gasteiger partial charge in [0, 0.05) is 18.1 Å². The Morgan fingerprint density at radius 2 is 1.90 bits per heavy atom. The number of benzene rings is 1. The summed E-state index contributed by atoms with van der Waals surface area (Å²) in [6.07, 6.45) is 7.93. The summed E-state index contributed by atoms with van der Waals surface area (Å²) in [6.45, 7) is 2.05. The van der Waals surface area contributed by atoms with Crippen molar-refractivity contribution in [3.63, 3.8) is 0 Å². The van der Waals surface area contributed by atoms with Gasteiger partial charge in [-0.1, -0.05) is 42.1 Å². The zero-order valence-corrected chi connectivity index (χ0v) is 18.7. The summed E-state index contributed by atoms with van der Waals surface area (Å²) in [5.74, 6) is -0.654. The van der Waals surface area contributed by atoms with Crippen molar-refractivity contribution in [1.29, 1.82) is 0 Å². The van der Waals surface area contributed by atoms with Gasteiger partial charge in [-0.3, -0.25) is 9.59 Å². The number of likely N-dealkylation sites (N-methyl/N-ethyl adjacent to an activating group) is 1. The Hall–Kier alpha value is -2.64. The van der Waals surface area contributed by atoms with Crippen molar-refractivity contribution in [1.82, 2.24) is 19.7 Å². The van der Waals surface area contributed by atoms with Gasteiger partial charge in [-0.2, -0.15) is 5.10 Å². The molecule has 2 heterocycles. The second kappa shape index (κ2) is 9.24. The monoisotopic (exact) mass is 459 g/mol. The molecule has 0 atom stereocenters. The molecule has 0 bridgehead atoms. The lowest BCUT2D eigenvalue weighted by molar-refractivity contribution is -0.116. The number of nitrogens with one attached hydrogen (secondary N) is 1. The fourth-order valence-electron chi connectivity index (χ4n) is 3.95. The lowest BCUT2D eigenvalue weighted by atomic mass is 10.2. The van der Waals surface area contributed by atoms with Crippen molar-refractivity contribution in [3.8, 4) is 0 Å². The maximum absolute atomic E-state index is 13.0. The fraction of sp³-hybridized carbons (Fsp3) is 0.364. The van der Waals surface area contributed by atoms with E-state index in [-0.39, 0.29) is 18.4 Å². The summed E-state index contributed by atoms with van der Waals surface area (Å²) < 4.78 is 1.97. The first-order valence-corrected chi connectivity index (χ1v) is 11.1. The zero-order valence-electron chi connectivity index (χ0n) is 17.1. The quantitative estimate of drug-likeness (QED) is 0.564. The average molecular weight is 460 g/mol.